The van der Waals surface area contributed by atoms with Crippen LogP contribution in [0.3, 0.4) is 0 Å². The van der Waals surface area contributed by atoms with Gasteiger partial charge in [0, 0.05) is 32.4 Å². The van der Waals surface area contributed by atoms with Gasteiger partial charge in [0.2, 0.25) is 10.0 Å². The average Bonchev–Trinajstić information content (AvgIpc) is 2.88. The minimum atomic E-state index is -3.49. The molecule has 0 spiro atoms. The Kier molecular flexibility index (Phi) is 7.74. The van der Waals surface area contributed by atoms with Crippen molar-refractivity contribution in [2.45, 2.75) is 5.75 Å². The molecule has 9 nitrogen and oxygen atoms in total. The summed E-state index contributed by atoms with van der Waals surface area (Å²) in [6, 6.07) is 19.0. The lowest BCUT2D eigenvalue weighted by Gasteiger charge is -2.33. The number of nitrogens with zero attached hydrogens (tertiary/aromatic N) is 3. The van der Waals surface area contributed by atoms with E-state index in [1.54, 1.807) is 66.9 Å². The standard InChI is InChI=1S/C25H25N3O6S/c29-24(27-13-15-28(16-14-27)35(31,32)19-20-7-2-1-3-8-20)18-33-25(30)22-10-4-5-11-23(22)34-21-9-6-12-26-17-21/h1-12,17H,13-16,18-19H2. The van der Waals surface area contributed by atoms with Gasteiger partial charge in [-0.3, -0.25) is 9.78 Å². The van der Waals surface area contributed by atoms with Crippen LogP contribution < -0.4 is 4.74 Å². The van der Waals surface area contributed by atoms with Crippen molar-refractivity contribution in [2.24, 2.45) is 0 Å². The molecular weight excluding hydrogens is 470 g/mol. The highest BCUT2D eigenvalue weighted by Crippen LogP contribution is 2.25. The summed E-state index contributed by atoms with van der Waals surface area (Å²) in [5.41, 5.74) is 0.895. The van der Waals surface area contributed by atoms with E-state index in [2.05, 4.69) is 4.98 Å². The number of hydrogen-bond acceptors (Lipinski definition) is 7. The SMILES string of the molecule is O=C(OCC(=O)N1CCN(S(=O)(=O)Cc2ccccc2)CC1)c1ccccc1Oc1cccnc1. The van der Waals surface area contributed by atoms with E-state index >= 15 is 0 Å². The second-order valence-electron chi connectivity index (χ2n) is 7.88. The highest BCUT2D eigenvalue weighted by molar-refractivity contribution is 7.88. The Hall–Kier alpha value is -3.76. The summed E-state index contributed by atoms with van der Waals surface area (Å²) in [6.45, 7) is 0.389. The quantitative estimate of drug-likeness (QED) is 0.442. The monoisotopic (exact) mass is 495 g/mol. The Balaban J connectivity index is 1.29. The summed E-state index contributed by atoms with van der Waals surface area (Å²) in [5, 5.41) is 0. The largest absolute Gasteiger partial charge is 0.455 e. The van der Waals surface area contributed by atoms with Crippen molar-refractivity contribution in [3.63, 3.8) is 0 Å². The lowest BCUT2D eigenvalue weighted by atomic mass is 10.2. The number of piperazine rings is 1. The Morgan fingerprint density at radius 3 is 2.31 bits per heavy atom. The van der Waals surface area contributed by atoms with E-state index in [1.165, 1.54) is 15.4 Å². The average molecular weight is 496 g/mol. The molecule has 0 unspecified atom stereocenters. The van der Waals surface area contributed by atoms with Gasteiger partial charge in [-0.1, -0.05) is 42.5 Å². The van der Waals surface area contributed by atoms with Gasteiger partial charge in [0.1, 0.15) is 17.1 Å². The summed E-state index contributed by atoms with van der Waals surface area (Å²) in [4.78, 5) is 30.7. The summed E-state index contributed by atoms with van der Waals surface area (Å²) >= 11 is 0. The molecule has 3 aromatic rings. The van der Waals surface area contributed by atoms with E-state index in [9.17, 15) is 18.0 Å². The fourth-order valence-electron chi connectivity index (χ4n) is 3.65. The van der Waals surface area contributed by atoms with Crippen LogP contribution in [-0.2, 0) is 25.3 Å². The van der Waals surface area contributed by atoms with Crippen LogP contribution in [0.25, 0.3) is 0 Å². The topological polar surface area (TPSA) is 106 Å². The zero-order chi connectivity index (χ0) is 24.7. The predicted molar refractivity (Wildman–Crippen MR) is 128 cm³/mol. The minimum Gasteiger partial charge on any atom is -0.455 e. The van der Waals surface area contributed by atoms with Gasteiger partial charge in [-0.2, -0.15) is 4.31 Å². The molecular formula is C25H25N3O6S. The van der Waals surface area contributed by atoms with Gasteiger partial charge in [-0.15, -0.1) is 0 Å². The summed E-state index contributed by atoms with van der Waals surface area (Å²) in [6.07, 6.45) is 3.13. The van der Waals surface area contributed by atoms with Gasteiger partial charge >= 0.3 is 5.97 Å². The van der Waals surface area contributed by atoms with Gasteiger partial charge < -0.3 is 14.4 Å². The molecule has 0 atom stereocenters. The first kappa shape index (κ1) is 24.4. The predicted octanol–water partition coefficient (Wildman–Crippen LogP) is 2.70. The first-order valence-corrected chi connectivity index (χ1v) is 12.7. The van der Waals surface area contributed by atoms with E-state index < -0.39 is 22.6 Å². The number of rotatable bonds is 8. The van der Waals surface area contributed by atoms with Crippen LogP contribution >= 0.6 is 0 Å². The lowest BCUT2D eigenvalue weighted by molar-refractivity contribution is -0.135. The second kappa shape index (κ2) is 11.1. The van der Waals surface area contributed by atoms with Crippen molar-refractivity contribution < 1.29 is 27.5 Å². The van der Waals surface area contributed by atoms with Crippen LogP contribution in [0, 0.1) is 0 Å². The lowest BCUT2D eigenvalue weighted by Crippen LogP contribution is -2.51. The van der Waals surface area contributed by atoms with Gasteiger partial charge in [0.25, 0.3) is 5.91 Å². The number of carbonyl (C=O) groups is 2. The number of hydrogen-bond donors (Lipinski definition) is 0. The third kappa shape index (κ3) is 6.43. The van der Waals surface area contributed by atoms with Crippen LogP contribution in [0.4, 0.5) is 0 Å². The number of amides is 1. The number of ether oxygens (including phenoxy) is 2. The number of esters is 1. The van der Waals surface area contributed by atoms with Crippen molar-refractivity contribution in [3.8, 4) is 11.5 Å². The maximum atomic E-state index is 12.7. The molecule has 10 heteroatoms. The fourth-order valence-corrected chi connectivity index (χ4v) is 5.16. The van der Waals surface area contributed by atoms with E-state index in [4.69, 9.17) is 9.47 Å². The zero-order valence-electron chi connectivity index (χ0n) is 18.9. The van der Waals surface area contributed by atoms with Gasteiger partial charge in [0.05, 0.1) is 11.9 Å². The van der Waals surface area contributed by atoms with Crippen LogP contribution in [-0.4, -0.2) is 67.3 Å². The molecule has 0 bridgehead atoms. The molecule has 0 radical (unpaired) electrons. The highest BCUT2D eigenvalue weighted by Gasteiger charge is 2.29. The molecule has 0 aliphatic carbocycles. The third-order valence-electron chi connectivity index (χ3n) is 5.47. The van der Waals surface area contributed by atoms with Crippen LogP contribution in [0.15, 0.2) is 79.1 Å². The van der Waals surface area contributed by atoms with E-state index in [0.717, 1.165) is 0 Å². The molecule has 2 heterocycles. The fraction of sp³-hybridized carbons (Fsp3) is 0.240. The highest BCUT2D eigenvalue weighted by atomic mass is 32.2. The first-order valence-electron chi connectivity index (χ1n) is 11.1. The third-order valence-corrected chi connectivity index (χ3v) is 7.32. The van der Waals surface area contributed by atoms with Crippen molar-refractivity contribution >= 4 is 21.9 Å². The molecule has 35 heavy (non-hydrogen) atoms. The van der Waals surface area contributed by atoms with Gasteiger partial charge in [0.15, 0.2) is 6.61 Å². The van der Waals surface area contributed by atoms with Crippen LogP contribution in [0.2, 0.25) is 0 Å². The molecule has 1 aliphatic rings. The molecule has 0 N–H and O–H groups in total. The maximum absolute atomic E-state index is 12.7. The van der Waals surface area contributed by atoms with Crippen LogP contribution in [0.5, 0.6) is 11.5 Å². The van der Waals surface area contributed by atoms with E-state index in [-0.39, 0.29) is 49.2 Å². The molecule has 1 fully saturated rings. The Morgan fingerprint density at radius 2 is 1.60 bits per heavy atom. The number of aromatic nitrogens is 1. The summed E-state index contributed by atoms with van der Waals surface area (Å²) in [7, 11) is -3.49. The van der Waals surface area contributed by atoms with E-state index in [1.807, 2.05) is 6.07 Å². The van der Waals surface area contributed by atoms with Crippen molar-refractivity contribution in [3.05, 3.63) is 90.3 Å². The number of pyridine rings is 1. The minimum absolute atomic E-state index is 0.0834. The number of para-hydroxylation sites is 1. The molecule has 2 aromatic carbocycles. The van der Waals surface area contributed by atoms with Crippen molar-refractivity contribution in [1.82, 2.24) is 14.2 Å². The normalized spacial score (nSPS) is 14.3. The Labute approximate surface area is 204 Å². The molecule has 4 rings (SSSR count). The number of benzene rings is 2. The molecule has 0 saturated carbocycles. The second-order valence-corrected chi connectivity index (χ2v) is 9.85. The first-order chi connectivity index (χ1) is 16.9. The molecule has 1 aromatic heterocycles. The Bertz CT molecular complexity index is 1260. The van der Waals surface area contributed by atoms with Crippen LogP contribution in [0.1, 0.15) is 15.9 Å². The summed E-state index contributed by atoms with van der Waals surface area (Å²) < 4.78 is 37.8. The van der Waals surface area contributed by atoms with Crippen molar-refractivity contribution in [2.75, 3.05) is 32.8 Å². The smallest absolute Gasteiger partial charge is 0.342 e. The number of sulfonamides is 1. The maximum Gasteiger partial charge on any atom is 0.342 e. The number of carbonyl (C=O) groups excluding carboxylic acids is 2. The summed E-state index contributed by atoms with van der Waals surface area (Å²) in [5.74, 6) is -0.412. The zero-order valence-corrected chi connectivity index (χ0v) is 19.8. The molecule has 1 aliphatic heterocycles. The molecule has 1 amide bonds. The van der Waals surface area contributed by atoms with Gasteiger partial charge in [-0.25, -0.2) is 13.2 Å². The Morgan fingerprint density at radius 1 is 0.886 bits per heavy atom. The molecule has 1 saturated heterocycles. The van der Waals surface area contributed by atoms with Gasteiger partial charge in [-0.05, 0) is 29.8 Å². The van der Waals surface area contributed by atoms with E-state index in [0.29, 0.717) is 11.3 Å². The van der Waals surface area contributed by atoms with Crippen molar-refractivity contribution in [1.29, 1.82) is 0 Å². The molecule has 182 valence electrons.